The summed E-state index contributed by atoms with van der Waals surface area (Å²) < 4.78 is 7.19. The number of hydrogen-bond donors (Lipinski definition) is 1. The van der Waals surface area contributed by atoms with Gasteiger partial charge in [-0.25, -0.2) is 4.98 Å². The predicted molar refractivity (Wildman–Crippen MR) is 131 cm³/mol. The summed E-state index contributed by atoms with van der Waals surface area (Å²) in [5.74, 6) is 0.770. The summed E-state index contributed by atoms with van der Waals surface area (Å²) in [6.45, 7) is 3.22. The molecular weight excluding hydrogens is 456 g/mol. The average Bonchev–Trinajstić information content (AvgIpc) is 3.49. The van der Waals surface area contributed by atoms with Crippen LogP contribution in [0.2, 0.25) is 0 Å². The standard InChI is InChI=1S/C23H24N6O2S2/c1-3-16-4-6-17(7-5-16)19-14-32-22(25-19)26-20(30)15-33-23-28-27-21(29(23)12-13-31-2)18-8-10-24-11-9-18/h4-11,14H,3,12-13,15H2,1-2H3,(H,25,26,30). The van der Waals surface area contributed by atoms with Crippen molar-refractivity contribution in [2.24, 2.45) is 0 Å². The normalized spacial score (nSPS) is 11.0. The minimum absolute atomic E-state index is 0.144. The molecule has 0 bridgehead atoms. The molecule has 33 heavy (non-hydrogen) atoms. The van der Waals surface area contributed by atoms with Gasteiger partial charge in [-0.1, -0.05) is 43.0 Å². The minimum Gasteiger partial charge on any atom is -0.383 e. The smallest absolute Gasteiger partial charge is 0.236 e. The van der Waals surface area contributed by atoms with E-state index < -0.39 is 0 Å². The molecule has 0 spiro atoms. The van der Waals surface area contributed by atoms with Gasteiger partial charge in [0.1, 0.15) is 0 Å². The van der Waals surface area contributed by atoms with Crippen molar-refractivity contribution in [3.63, 3.8) is 0 Å². The number of thioether (sulfide) groups is 1. The molecule has 10 heteroatoms. The van der Waals surface area contributed by atoms with Crippen molar-refractivity contribution < 1.29 is 9.53 Å². The Balaban J connectivity index is 1.40. The fraction of sp³-hybridized carbons (Fsp3) is 0.261. The van der Waals surface area contributed by atoms with Crippen LogP contribution in [0.4, 0.5) is 5.13 Å². The summed E-state index contributed by atoms with van der Waals surface area (Å²) in [6.07, 6.45) is 4.43. The maximum atomic E-state index is 12.6. The molecule has 170 valence electrons. The van der Waals surface area contributed by atoms with Gasteiger partial charge in [0.05, 0.1) is 24.6 Å². The van der Waals surface area contributed by atoms with Crippen molar-refractivity contribution in [2.75, 3.05) is 24.8 Å². The third-order valence-corrected chi connectivity index (χ3v) is 6.64. The van der Waals surface area contributed by atoms with Crippen molar-refractivity contribution >= 4 is 34.1 Å². The molecule has 0 aliphatic carbocycles. The number of benzene rings is 1. The van der Waals surface area contributed by atoms with Crippen LogP contribution in [0, 0.1) is 0 Å². The number of carbonyl (C=O) groups excluding carboxylic acids is 1. The first-order chi connectivity index (χ1) is 16.2. The first-order valence-corrected chi connectivity index (χ1v) is 12.3. The Morgan fingerprint density at radius 2 is 1.91 bits per heavy atom. The van der Waals surface area contributed by atoms with E-state index in [0.29, 0.717) is 23.4 Å². The van der Waals surface area contributed by atoms with E-state index in [4.69, 9.17) is 4.74 Å². The van der Waals surface area contributed by atoms with E-state index >= 15 is 0 Å². The molecular formula is C23H24N6O2S2. The van der Waals surface area contributed by atoms with Crippen LogP contribution in [0.15, 0.2) is 59.3 Å². The maximum absolute atomic E-state index is 12.6. The van der Waals surface area contributed by atoms with Crippen LogP contribution < -0.4 is 5.32 Å². The number of aromatic nitrogens is 5. The Morgan fingerprint density at radius 1 is 1.12 bits per heavy atom. The molecule has 0 saturated heterocycles. The molecule has 0 fully saturated rings. The van der Waals surface area contributed by atoms with Gasteiger partial charge in [-0.05, 0) is 24.1 Å². The lowest BCUT2D eigenvalue weighted by Gasteiger charge is -2.09. The zero-order chi connectivity index (χ0) is 23.0. The number of methoxy groups -OCH3 is 1. The number of pyridine rings is 1. The number of carbonyl (C=O) groups is 1. The number of rotatable bonds is 10. The van der Waals surface area contributed by atoms with Gasteiger partial charge in [-0.15, -0.1) is 21.5 Å². The van der Waals surface area contributed by atoms with Crippen molar-refractivity contribution in [1.29, 1.82) is 0 Å². The van der Waals surface area contributed by atoms with Gasteiger partial charge in [-0.3, -0.25) is 14.3 Å². The van der Waals surface area contributed by atoms with E-state index in [-0.39, 0.29) is 11.7 Å². The summed E-state index contributed by atoms with van der Waals surface area (Å²) in [5, 5.41) is 14.7. The number of ether oxygens (including phenoxy) is 1. The Morgan fingerprint density at radius 3 is 2.64 bits per heavy atom. The van der Waals surface area contributed by atoms with Crippen LogP contribution in [0.3, 0.4) is 0 Å². The SMILES string of the molecule is CCc1ccc(-c2csc(NC(=O)CSc3nnc(-c4ccncc4)n3CCOC)n2)cc1. The monoisotopic (exact) mass is 480 g/mol. The highest BCUT2D eigenvalue weighted by Gasteiger charge is 2.16. The first kappa shape index (κ1) is 23.1. The minimum atomic E-state index is -0.144. The van der Waals surface area contributed by atoms with E-state index in [1.54, 1.807) is 19.5 Å². The predicted octanol–water partition coefficient (Wildman–Crippen LogP) is 4.40. The van der Waals surface area contributed by atoms with E-state index in [1.807, 2.05) is 22.1 Å². The third-order valence-electron chi connectivity index (χ3n) is 4.92. The highest BCUT2D eigenvalue weighted by atomic mass is 32.2. The quantitative estimate of drug-likeness (QED) is 0.336. The van der Waals surface area contributed by atoms with Crippen LogP contribution in [-0.2, 0) is 22.5 Å². The molecule has 1 N–H and O–H groups in total. The van der Waals surface area contributed by atoms with Crippen LogP contribution in [-0.4, -0.2) is 50.1 Å². The van der Waals surface area contributed by atoms with Gasteiger partial charge in [0.15, 0.2) is 16.1 Å². The molecule has 0 unspecified atom stereocenters. The summed E-state index contributed by atoms with van der Waals surface area (Å²) in [5.41, 5.74) is 4.08. The Kier molecular flexibility index (Phi) is 7.82. The van der Waals surface area contributed by atoms with Crippen molar-refractivity contribution in [3.8, 4) is 22.6 Å². The van der Waals surface area contributed by atoms with Crippen molar-refractivity contribution in [2.45, 2.75) is 25.0 Å². The van der Waals surface area contributed by atoms with Crippen molar-refractivity contribution in [1.82, 2.24) is 24.7 Å². The highest BCUT2D eigenvalue weighted by molar-refractivity contribution is 7.99. The zero-order valence-corrected chi connectivity index (χ0v) is 20.0. The lowest BCUT2D eigenvalue weighted by atomic mass is 10.1. The molecule has 0 aliphatic heterocycles. The second-order valence-electron chi connectivity index (χ2n) is 7.11. The van der Waals surface area contributed by atoms with Gasteiger partial charge in [0, 0.05) is 36.0 Å². The van der Waals surface area contributed by atoms with Crippen LogP contribution in [0.1, 0.15) is 12.5 Å². The number of nitrogens with zero attached hydrogens (tertiary/aromatic N) is 5. The van der Waals surface area contributed by atoms with E-state index in [0.717, 1.165) is 29.1 Å². The summed E-state index contributed by atoms with van der Waals surface area (Å²) in [4.78, 5) is 21.2. The van der Waals surface area contributed by atoms with Gasteiger partial charge in [0.2, 0.25) is 5.91 Å². The zero-order valence-electron chi connectivity index (χ0n) is 18.4. The Bertz CT molecular complexity index is 1190. The molecule has 0 saturated carbocycles. The Labute approximate surface area is 200 Å². The number of aryl methyl sites for hydroxylation is 1. The molecule has 3 aromatic heterocycles. The molecule has 3 heterocycles. The number of hydrogen-bond acceptors (Lipinski definition) is 8. The third kappa shape index (κ3) is 5.84. The lowest BCUT2D eigenvalue weighted by Crippen LogP contribution is -2.15. The van der Waals surface area contributed by atoms with Gasteiger partial charge < -0.3 is 10.1 Å². The highest BCUT2D eigenvalue weighted by Crippen LogP contribution is 2.27. The van der Waals surface area contributed by atoms with Gasteiger partial charge >= 0.3 is 0 Å². The second kappa shape index (κ2) is 11.2. The number of nitrogens with one attached hydrogen (secondary N) is 1. The summed E-state index contributed by atoms with van der Waals surface area (Å²) in [6, 6.07) is 12.1. The first-order valence-electron chi connectivity index (χ1n) is 10.5. The van der Waals surface area contributed by atoms with E-state index in [1.165, 1.54) is 28.7 Å². The molecule has 0 radical (unpaired) electrons. The van der Waals surface area contributed by atoms with Crippen LogP contribution in [0.5, 0.6) is 0 Å². The maximum Gasteiger partial charge on any atom is 0.236 e. The number of anilines is 1. The average molecular weight is 481 g/mol. The molecule has 1 aromatic carbocycles. The van der Waals surface area contributed by atoms with Gasteiger partial charge in [-0.2, -0.15) is 0 Å². The fourth-order valence-electron chi connectivity index (χ4n) is 3.15. The molecule has 1 amide bonds. The van der Waals surface area contributed by atoms with E-state index in [9.17, 15) is 4.79 Å². The number of amides is 1. The molecule has 4 aromatic rings. The summed E-state index contributed by atoms with van der Waals surface area (Å²) in [7, 11) is 1.65. The topological polar surface area (TPSA) is 94.8 Å². The molecule has 4 rings (SSSR count). The van der Waals surface area contributed by atoms with Crippen LogP contribution >= 0.6 is 23.1 Å². The Hall–Kier alpha value is -3.08. The largest absolute Gasteiger partial charge is 0.383 e. The second-order valence-corrected chi connectivity index (χ2v) is 8.91. The lowest BCUT2D eigenvalue weighted by molar-refractivity contribution is -0.113. The van der Waals surface area contributed by atoms with Crippen LogP contribution in [0.25, 0.3) is 22.6 Å². The molecule has 0 atom stereocenters. The molecule has 0 aliphatic rings. The van der Waals surface area contributed by atoms with Gasteiger partial charge in [0.25, 0.3) is 0 Å². The molecule has 8 nitrogen and oxygen atoms in total. The number of thiazole rings is 1. The summed E-state index contributed by atoms with van der Waals surface area (Å²) >= 11 is 2.74. The van der Waals surface area contributed by atoms with E-state index in [2.05, 4.69) is 56.7 Å². The fourth-order valence-corrected chi connectivity index (χ4v) is 4.65. The van der Waals surface area contributed by atoms with Crippen molar-refractivity contribution in [3.05, 3.63) is 59.7 Å².